The zero-order chi connectivity index (χ0) is 40.0. The molecule has 4 nitrogen and oxygen atoms in total. The molecule has 0 atom stereocenters. The molecule has 4 heteroatoms. The first-order valence-electron chi connectivity index (χ1n) is 20.5. The number of aromatic nitrogens is 3. The van der Waals surface area contributed by atoms with Gasteiger partial charge in [-0.1, -0.05) is 159 Å². The van der Waals surface area contributed by atoms with E-state index in [0.717, 1.165) is 94.1 Å². The molecule has 282 valence electrons. The van der Waals surface area contributed by atoms with E-state index >= 15 is 0 Å². The highest BCUT2D eigenvalue weighted by Gasteiger charge is 2.35. The minimum Gasteiger partial charge on any atom is -0.456 e. The smallest absolute Gasteiger partial charge is 0.160 e. The maximum Gasteiger partial charge on any atom is 0.160 e. The van der Waals surface area contributed by atoms with E-state index in [1.54, 1.807) is 0 Å². The van der Waals surface area contributed by atoms with Crippen molar-refractivity contribution in [2.24, 2.45) is 0 Å². The monoisotopic (exact) mass is 767 g/mol. The number of hydrogen-bond acceptors (Lipinski definition) is 4. The molecule has 0 spiro atoms. The molecule has 1 aliphatic rings. The van der Waals surface area contributed by atoms with Crippen LogP contribution in [0.1, 0.15) is 25.0 Å². The molecule has 0 fully saturated rings. The van der Waals surface area contributed by atoms with Crippen LogP contribution >= 0.6 is 0 Å². The van der Waals surface area contributed by atoms with Gasteiger partial charge < -0.3 is 4.42 Å². The van der Waals surface area contributed by atoms with Crippen molar-refractivity contribution in [3.63, 3.8) is 0 Å². The van der Waals surface area contributed by atoms with Gasteiger partial charge in [0.05, 0.1) is 22.6 Å². The molecule has 0 saturated carbocycles. The summed E-state index contributed by atoms with van der Waals surface area (Å²) >= 11 is 0. The lowest BCUT2D eigenvalue weighted by Crippen LogP contribution is -2.14. The predicted octanol–water partition coefficient (Wildman–Crippen LogP) is 14.7. The lowest BCUT2D eigenvalue weighted by atomic mass is 9.82. The average Bonchev–Trinajstić information content (AvgIpc) is 3.80. The van der Waals surface area contributed by atoms with Gasteiger partial charge in [0.1, 0.15) is 11.2 Å². The van der Waals surface area contributed by atoms with Crippen LogP contribution in [0.2, 0.25) is 0 Å². The molecule has 0 saturated heterocycles. The third-order valence-corrected chi connectivity index (χ3v) is 12.5. The van der Waals surface area contributed by atoms with E-state index in [9.17, 15) is 0 Å². The van der Waals surface area contributed by atoms with Crippen LogP contribution in [0.3, 0.4) is 0 Å². The van der Waals surface area contributed by atoms with Gasteiger partial charge in [-0.2, -0.15) is 0 Å². The standard InChI is InChI=1S/C56H37N3O/c1-56(2)45-19-11-9-17-40(45)43-32-39(25-28-46(43)56)55-58-48(35-13-5-3-6-14-35)33-49(59-55)36-23-21-34(22-24-36)38-26-29-50-44(31-38)53-51(60-50)30-27-42-52(53)41-18-10-12-20-47(41)57-54(42)37-15-7-4-8-16-37/h3-33H,1-2H3. The number of benzene rings is 8. The summed E-state index contributed by atoms with van der Waals surface area (Å²) < 4.78 is 6.54. The van der Waals surface area contributed by atoms with E-state index in [1.807, 2.05) is 12.1 Å². The minimum atomic E-state index is -0.0646. The molecule has 11 aromatic rings. The Bertz CT molecular complexity index is 3490. The molecule has 0 radical (unpaired) electrons. The average molecular weight is 768 g/mol. The van der Waals surface area contributed by atoms with E-state index in [2.05, 4.69) is 190 Å². The molecule has 8 aromatic carbocycles. The molecule has 0 bridgehead atoms. The lowest BCUT2D eigenvalue weighted by Gasteiger charge is -2.21. The zero-order valence-electron chi connectivity index (χ0n) is 33.1. The van der Waals surface area contributed by atoms with Crippen molar-refractivity contribution in [1.82, 2.24) is 15.0 Å². The second kappa shape index (κ2) is 13.2. The van der Waals surface area contributed by atoms with Crippen LogP contribution in [0.15, 0.2) is 192 Å². The highest BCUT2D eigenvalue weighted by molar-refractivity contribution is 6.28. The highest BCUT2D eigenvalue weighted by atomic mass is 16.3. The maximum absolute atomic E-state index is 6.54. The molecule has 60 heavy (non-hydrogen) atoms. The number of furan rings is 1. The molecule has 0 amide bonds. The second-order valence-corrected chi connectivity index (χ2v) is 16.4. The Hall–Kier alpha value is -7.69. The fourth-order valence-electron chi connectivity index (χ4n) is 9.48. The van der Waals surface area contributed by atoms with Crippen molar-refractivity contribution in [3.8, 4) is 67.4 Å². The summed E-state index contributed by atoms with van der Waals surface area (Å²) in [5, 5.41) is 5.58. The van der Waals surface area contributed by atoms with Crippen LogP contribution in [-0.4, -0.2) is 15.0 Å². The van der Waals surface area contributed by atoms with Gasteiger partial charge in [0.2, 0.25) is 0 Å². The molecule has 3 aromatic heterocycles. The third-order valence-electron chi connectivity index (χ3n) is 12.5. The molecule has 0 aliphatic heterocycles. The van der Waals surface area contributed by atoms with Crippen LogP contribution in [-0.2, 0) is 5.41 Å². The number of hydrogen-bond donors (Lipinski definition) is 0. The number of fused-ring (bicyclic) bond motifs is 10. The number of pyridine rings is 1. The zero-order valence-corrected chi connectivity index (χ0v) is 33.1. The van der Waals surface area contributed by atoms with Crippen LogP contribution in [0, 0.1) is 0 Å². The van der Waals surface area contributed by atoms with Crippen molar-refractivity contribution in [2.45, 2.75) is 19.3 Å². The van der Waals surface area contributed by atoms with Crippen molar-refractivity contribution < 1.29 is 4.42 Å². The number of nitrogens with zero attached hydrogens (tertiary/aromatic N) is 3. The predicted molar refractivity (Wildman–Crippen MR) is 247 cm³/mol. The summed E-state index contributed by atoms with van der Waals surface area (Å²) in [4.78, 5) is 15.6. The van der Waals surface area contributed by atoms with Crippen LogP contribution in [0.5, 0.6) is 0 Å². The van der Waals surface area contributed by atoms with E-state index in [1.165, 1.54) is 22.3 Å². The molecule has 0 N–H and O–H groups in total. The SMILES string of the molecule is CC1(C)c2ccccc2-c2cc(-c3nc(-c4ccccc4)cc(-c4ccc(-c5ccc6oc7ccc8c(-c9ccccc9)nc9ccccc9c8c7c6c5)cc4)n3)ccc21. The Kier molecular flexibility index (Phi) is 7.54. The van der Waals surface area contributed by atoms with Crippen LogP contribution in [0.4, 0.5) is 0 Å². The second-order valence-electron chi connectivity index (χ2n) is 16.4. The summed E-state index contributed by atoms with van der Waals surface area (Å²) in [7, 11) is 0. The molecule has 0 unspecified atom stereocenters. The normalized spacial score (nSPS) is 13.0. The molecular formula is C56H37N3O. The first kappa shape index (κ1) is 34.4. The van der Waals surface area contributed by atoms with Crippen molar-refractivity contribution in [1.29, 1.82) is 0 Å². The first-order valence-corrected chi connectivity index (χ1v) is 20.5. The molecule has 1 aliphatic carbocycles. The number of para-hydroxylation sites is 1. The summed E-state index contributed by atoms with van der Waals surface area (Å²) in [6.45, 7) is 4.62. The van der Waals surface area contributed by atoms with Gasteiger partial charge in [-0.25, -0.2) is 15.0 Å². The van der Waals surface area contributed by atoms with Gasteiger partial charge in [0.25, 0.3) is 0 Å². The summed E-state index contributed by atoms with van der Waals surface area (Å²) in [6.07, 6.45) is 0. The van der Waals surface area contributed by atoms with Crippen LogP contribution in [0.25, 0.3) is 111 Å². The quantitative estimate of drug-likeness (QED) is 0.164. The highest BCUT2D eigenvalue weighted by Crippen LogP contribution is 2.49. The van der Waals surface area contributed by atoms with Gasteiger partial charge in [0.15, 0.2) is 5.82 Å². The van der Waals surface area contributed by atoms with E-state index in [4.69, 9.17) is 19.4 Å². The molecule has 12 rings (SSSR count). The topological polar surface area (TPSA) is 51.8 Å². The molecule has 3 heterocycles. The van der Waals surface area contributed by atoms with Gasteiger partial charge in [-0.15, -0.1) is 0 Å². The summed E-state index contributed by atoms with van der Waals surface area (Å²) in [5.41, 5.74) is 17.0. The Morgan fingerprint density at radius 3 is 1.80 bits per heavy atom. The van der Waals surface area contributed by atoms with Gasteiger partial charge >= 0.3 is 0 Å². The number of rotatable bonds is 5. The van der Waals surface area contributed by atoms with E-state index in [-0.39, 0.29) is 5.41 Å². The Balaban J connectivity index is 0.973. The third kappa shape index (κ3) is 5.34. The van der Waals surface area contributed by atoms with Crippen molar-refractivity contribution in [3.05, 3.63) is 199 Å². The Labute approximate surface area is 347 Å². The summed E-state index contributed by atoms with van der Waals surface area (Å²) in [5.74, 6) is 0.711. The van der Waals surface area contributed by atoms with Crippen molar-refractivity contribution >= 4 is 43.6 Å². The lowest BCUT2D eigenvalue weighted by molar-refractivity contribution is 0.660. The summed E-state index contributed by atoms with van der Waals surface area (Å²) in [6, 6.07) is 66.4. The van der Waals surface area contributed by atoms with Crippen molar-refractivity contribution in [2.75, 3.05) is 0 Å². The Morgan fingerprint density at radius 1 is 0.383 bits per heavy atom. The van der Waals surface area contributed by atoms with Crippen LogP contribution < -0.4 is 0 Å². The van der Waals surface area contributed by atoms with Gasteiger partial charge in [0, 0.05) is 54.6 Å². The van der Waals surface area contributed by atoms with E-state index in [0.29, 0.717) is 5.82 Å². The Morgan fingerprint density at radius 2 is 1.00 bits per heavy atom. The fourth-order valence-corrected chi connectivity index (χ4v) is 9.48. The van der Waals surface area contributed by atoms with E-state index < -0.39 is 0 Å². The minimum absolute atomic E-state index is 0.0646. The van der Waals surface area contributed by atoms with Gasteiger partial charge in [-0.3, -0.25) is 0 Å². The largest absolute Gasteiger partial charge is 0.456 e. The first-order chi connectivity index (χ1) is 29.5. The van der Waals surface area contributed by atoms with Gasteiger partial charge in [-0.05, 0) is 75.8 Å². The maximum atomic E-state index is 6.54. The molecular weight excluding hydrogens is 731 g/mol. The fraction of sp³-hybridized carbons (Fsp3) is 0.0536.